The van der Waals surface area contributed by atoms with Gasteiger partial charge in [-0.2, -0.15) is 35.9 Å². The SMILES string of the molecule is [C-]1=CC=CC1.[Li+].[Li+].[c-]1cccc2c1Cc1ccccc1-2. The van der Waals surface area contributed by atoms with E-state index < -0.39 is 0 Å². The van der Waals surface area contributed by atoms with Crippen LogP contribution in [0.3, 0.4) is 0 Å². The summed E-state index contributed by atoms with van der Waals surface area (Å²) in [6.45, 7) is 0. The van der Waals surface area contributed by atoms with E-state index in [1.165, 1.54) is 22.3 Å². The van der Waals surface area contributed by atoms with Crippen LogP contribution in [0.2, 0.25) is 0 Å². The molecule has 0 heterocycles. The molecular weight excluding hydrogens is 230 g/mol. The fraction of sp³-hybridized carbons (Fsp3) is 0.111. The van der Waals surface area contributed by atoms with Crippen LogP contribution in [0.15, 0.2) is 60.7 Å². The summed E-state index contributed by atoms with van der Waals surface area (Å²) in [5.41, 5.74) is 5.51. The van der Waals surface area contributed by atoms with Gasteiger partial charge in [-0.15, -0.1) is 12.0 Å². The Labute approximate surface area is 145 Å². The Kier molecular flexibility index (Phi) is 7.22. The van der Waals surface area contributed by atoms with E-state index in [0.717, 1.165) is 12.8 Å². The van der Waals surface area contributed by atoms with E-state index in [1.54, 1.807) is 0 Å². The molecule has 0 atom stereocenters. The van der Waals surface area contributed by atoms with E-state index in [2.05, 4.69) is 54.6 Å². The number of hydrogen-bond donors (Lipinski definition) is 0. The van der Waals surface area contributed by atoms with Crippen molar-refractivity contribution in [3.05, 3.63) is 84.0 Å². The first-order chi connectivity index (χ1) is 8.95. The summed E-state index contributed by atoms with van der Waals surface area (Å²) < 4.78 is 0. The summed E-state index contributed by atoms with van der Waals surface area (Å²) in [5, 5.41) is 0. The molecule has 0 saturated heterocycles. The Morgan fingerprint density at radius 1 is 0.900 bits per heavy atom. The monoisotopic (exact) mass is 244 g/mol. The predicted octanol–water partition coefficient (Wildman–Crippen LogP) is -1.63. The number of rotatable bonds is 0. The van der Waals surface area contributed by atoms with Gasteiger partial charge in [0.1, 0.15) is 0 Å². The summed E-state index contributed by atoms with van der Waals surface area (Å²) in [6.07, 6.45) is 11.0. The van der Waals surface area contributed by atoms with Gasteiger partial charge in [-0.25, -0.2) is 12.2 Å². The van der Waals surface area contributed by atoms with Gasteiger partial charge in [0.15, 0.2) is 0 Å². The van der Waals surface area contributed by atoms with Crippen molar-refractivity contribution in [2.45, 2.75) is 12.8 Å². The smallest absolute Gasteiger partial charge is 0.273 e. The Balaban J connectivity index is 0.000000248. The van der Waals surface area contributed by atoms with E-state index in [4.69, 9.17) is 0 Å². The summed E-state index contributed by atoms with van der Waals surface area (Å²) in [5.74, 6) is 0. The van der Waals surface area contributed by atoms with Gasteiger partial charge in [0.25, 0.3) is 0 Å². The van der Waals surface area contributed by atoms with Crippen molar-refractivity contribution in [3.8, 4) is 11.1 Å². The molecule has 2 heteroatoms. The standard InChI is InChI=1S/C13H9.C5H5.2Li/c1-3-7-12-10(5-1)9-11-6-2-4-8-13(11)12;1-2-4-5-3-1;;/h1-5,7-8H,9H2;1-3H,4H2;;/q2*-1;2*+1. The van der Waals surface area contributed by atoms with Crippen molar-refractivity contribution in [1.82, 2.24) is 0 Å². The summed E-state index contributed by atoms with van der Waals surface area (Å²) in [6, 6.07) is 18.1. The maximum atomic E-state index is 3.30. The molecule has 0 aromatic heterocycles. The van der Waals surface area contributed by atoms with Crippen molar-refractivity contribution < 1.29 is 37.7 Å². The van der Waals surface area contributed by atoms with Crippen molar-refractivity contribution in [2.75, 3.05) is 0 Å². The van der Waals surface area contributed by atoms with Crippen LogP contribution in [0.5, 0.6) is 0 Å². The molecule has 2 aliphatic rings. The molecule has 0 nitrogen and oxygen atoms in total. The molecule has 0 saturated carbocycles. The van der Waals surface area contributed by atoms with Gasteiger partial charge in [0, 0.05) is 0 Å². The number of allylic oxidation sites excluding steroid dienone is 4. The van der Waals surface area contributed by atoms with Gasteiger partial charge in [0.05, 0.1) is 0 Å². The third-order valence-corrected chi connectivity index (χ3v) is 3.20. The Bertz CT molecular complexity index is 559. The molecule has 0 aliphatic heterocycles. The van der Waals surface area contributed by atoms with Crippen molar-refractivity contribution in [3.63, 3.8) is 0 Å². The molecule has 0 spiro atoms. The zero-order chi connectivity index (χ0) is 12.2. The van der Waals surface area contributed by atoms with E-state index in [9.17, 15) is 0 Å². The first-order valence-electron chi connectivity index (χ1n) is 6.25. The van der Waals surface area contributed by atoms with E-state index in [0.29, 0.717) is 0 Å². The van der Waals surface area contributed by atoms with E-state index >= 15 is 0 Å². The van der Waals surface area contributed by atoms with Gasteiger partial charge >= 0.3 is 37.7 Å². The van der Waals surface area contributed by atoms with Crippen molar-refractivity contribution in [2.24, 2.45) is 0 Å². The van der Waals surface area contributed by atoms with Gasteiger partial charge < -0.3 is 0 Å². The van der Waals surface area contributed by atoms with Gasteiger partial charge in [0.2, 0.25) is 0 Å². The van der Waals surface area contributed by atoms with Crippen LogP contribution in [-0.2, 0) is 6.42 Å². The van der Waals surface area contributed by atoms with E-state index in [1.807, 2.05) is 18.2 Å². The molecule has 20 heavy (non-hydrogen) atoms. The van der Waals surface area contributed by atoms with Crippen LogP contribution in [0, 0.1) is 12.1 Å². The second-order valence-electron chi connectivity index (χ2n) is 4.40. The van der Waals surface area contributed by atoms with Gasteiger partial charge in [-0.3, -0.25) is 6.08 Å². The zero-order valence-electron chi connectivity index (χ0n) is 12.2. The molecule has 0 radical (unpaired) electrons. The maximum Gasteiger partial charge on any atom is 1.00 e. The van der Waals surface area contributed by atoms with Crippen molar-refractivity contribution in [1.29, 1.82) is 0 Å². The fourth-order valence-electron chi connectivity index (χ4n) is 2.34. The summed E-state index contributed by atoms with van der Waals surface area (Å²) in [4.78, 5) is 0. The molecule has 0 N–H and O–H groups in total. The first kappa shape index (κ1) is 17.2. The quantitative estimate of drug-likeness (QED) is 0.329. The van der Waals surface area contributed by atoms with Crippen LogP contribution < -0.4 is 37.7 Å². The second-order valence-corrected chi connectivity index (χ2v) is 4.40. The normalized spacial score (nSPS) is 12.4. The molecular formula is C18H14Li2. The average Bonchev–Trinajstić information content (AvgIpc) is 3.10. The predicted molar refractivity (Wildman–Crippen MR) is 75.1 cm³/mol. The molecule has 2 aromatic carbocycles. The molecule has 0 unspecified atom stereocenters. The van der Waals surface area contributed by atoms with Gasteiger partial charge in [-0.05, 0) is 6.42 Å². The zero-order valence-corrected chi connectivity index (χ0v) is 12.2. The van der Waals surface area contributed by atoms with Crippen LogP contribution in [-0.4, -0.2) is 0 Å². The Morgan fingerprint density at radius 2 is 1.70 bits per heavy atom. The van der Waals surface area contributed by atoms with Crippen LogP contribution >= 0.6 is 0 Å². The number of benzene rings is 2. The van der Waals surface area contributed by atoms with Gasteiger partial charge in [-0.1, -0.05) is 35.4 Å². The molecule has 2 aromatic rings. The second kappa shape index (κ2) is 8.41. The van der Waals surface area contributed by atoms with Crippen LogP contribution in [0.25, 0.3) is 11.1 Å². The third kappa shape index (κ3) is 3.82. The molecule has 2 aliphatic carbocycles. The minimum absolute atomic E-state index is 0. The number of hydrogen-bond acceptors (Lipinski definition) is 0. The maximum absolute atomic E-state index is 3.30. The molecule has 0 amide bonds. The van der Waals surface area contributed by atoms with E-state index in [-0.39, 0.29) is 37.7 Å². The topological polar surface area (TPSA) is 0 Å². The summed E-state index contributed by atoms with van der Waals surface area (Å²) in [7, 11) is 0. The van der Waals surface area contributed by atoms with Crippen LogP contribution in [0.1, 0.15) is 17.5 Å². The van der Waals surface area contributed by atoms with Crippen molar-refractivity contribution >= 4 is 0 Å². The average molecular weight is 244 g/mol. The largest absolute Gasteiger partial charge is 1.00 e. The molecule has 0 bridgehead atoms. The first-order valence-corrected chi connectivity index (χ1v) is 6.25. The summed E-state index contributed by atoms with van der Waals surface area (Å²) >= 11 is 0. The number of fused-ring (bicyclic) bond motifs is 3. The molecule has 0 fully saturated rings. The Morgan fingerprint density at radius 3 is 2.40 bits per heavy atom. The molecule has 4 rings (SSSR count). The fourth-order valence-corrected chi connectivity index (χ4v) is 2.34. The van der Waals surface area contributed by atoms with Crippen LogP contribution in [0.4, 0.5) is 0 Å². The Hall–Kier alpha value is -0.885. The third-order valence-electron chi connectivity index (χ3n) is 3.20. The molecule has 88 valence electrons. The minimum atomic E-state index is 0. The minimum Gasteiger partial charge on any atom is -0.273 e.